The minimum atomic E-state index is -2.78. The third-order valence-corrected chi connectivity index (χ3v) is 7.11. The van der Waals surface area contributed by atoms with Crippen molar-refractivity contribution in [1.82, 2.24) is 34.4 Å². The summed E-state index contributed by atoms with van der Waals surface area (Å²) in [5, 5.41) is 8.89. The Morgan fingerprint density at radius 2 is 2.08 bits per heavy atom. The number of ether oxygens (including phenoxy) is 1. The molecule has 0 spiro atoms. The number of piperidine rings is 1. The molecule has 5 rings (SSSR count). The standard InChI is InChI=1S/C27H29F2N7O2/c1-5-24(37)34-11-9-20(12-16(34)2)36-17(3)25(32-33-36)19-13-22-26(35(15-31-22)27(28)29)23(14-19)38-18(4)21-8-6-7-10-30-21/h5-8,10,13-16,18,20,27H,1,9,11-12H2,2-4H3/t16-,18+,20+/m0/s1. The van der Waals surface area contributed by atoms with Crippen molar-refractivity contribution in [2.45, 2.75) is 58.3 Å². The molecule has 3 aromatic heterocycles. The quantitative estimate of drug-likeness (QED) is 0.308. The van der Waals surface area contributed by atoms with Gasteiger partial charge in [0.25, 0.3) is 0 Å². The molecule has 1 amide bonds. The number of hydrogen-bond donors (Lipinski definition) is 0. The molecule has 0 saturated carbocycles. The second kappa shape index (κ2) is 10.3. The van der Waals surface area contributed by atoms with E-state index in [4.69, 9.17) is 4.74 Å². The highest BCUT2D eigenvalue weighted by molar-refractivity contribution is 5.88. The van der Waals surface area contributed by atoms with Crippen LogP contribution in [0.4, 0.5) is 8.78 Å². The van der Waals surface area contributed by atoms with Gasteiger partial charge in [-0.2, -0.15) is 8.78 Å². The number of rotatable bonds is 7. The number of carbonyl (C=O) groups is 1. The second-order valence-corrected chi connectivity index (χ2v) is 9.52. The first kappa shape index (κ1) is 25.5. The largest absolute Gasteiger partial charge is 0.482 e. The van der Waals surface area contributed by atoms with E-state index in [-0.39, 0.29) is 29.3 Å². The smallest absolute Gasteiger partial charge is 0.320 e. The molecule has 1 aliphatic heterocycles. The molecule has 3 atom stereocenters. The van der Waals surface area contributed by atoms with Crippen LogP contribution in [0.25, 0.3) is 22.3 Å². The van der Waals surface area contributed by atoms with Gasteiger partial charge in [-0.3, -0.25) is 14.3 Å². The van der Waals surface area contributed by atoms with Gasteiger partial charge in [-0.05, 0) is 64.0 Å². The molecule has 0 unspecified atom stereocenters. The summed E-state index contributed by atoms with van der Waals surface area (Å²) in [5.41, 5.74) is 3.35. The number of carbonyl (C=O) groups excluding carboxylic acids is 1. The summed E-state index contributed by atoms with van der Waals surface area (Å²) in [5.74, 6) is 0.184. The number of hydrogen-bond acceptors (Lipinski definition) is 6. The molecule has 1 fully saturated rings. The van der Waals surface area contributed by atoms with Gasteiger partial charge in [0.15, 0.2) is 0 Å². The Kier molecular flexibility index (Phi) is 6.92. The Labute approximate surface area is 218 Å². The molecule has 4 heterocycles. The third kappa shape index (κ3) is 4.64. The summed E-state index contributed by atoms with van der Waals surface area (Å²) in [6.45, 7) is 7.18. The summed E-state index contributed by atoms with van der Waals surface area (Å²) < 4.78 is 36.5. The van der Waals surface area contributed by atoms with Crippen molar-refractivity contribution < 1.29 is 18.3 Å². The molecular formula is C27H29F2N7O2. The van der Waals surface area contributed by atoms with Crippen molar-refractivity contribution in [3.05, 3.63) is 66.9 Å². The Morgan fingerprint density at radius 3 is 2.76 bits per heavy atom. The van der Waals surface area contributed by atoms with Crippen LogP contribution in [-0.4, -0.2) is 52.9 Å². The molecule has 0 bridgehead atoms. The van der Waals surface area contributed by atoms with E-state index in [0.29, 0.717) is 29.0 Å². The maximum absolute atomic E-state index is 13.8. The van der Waals surface area contributed by atoms with Crippen LogP contribution in [-0.2, 0) is 4.79 Å². The zero-order valence-corrected chi connectivity index (χ0v) is 21.5. The SMILES string of the molecule is C=CC(=O)N1CC[C@@H](n2nnc(-c3cc(O[C@H](C)c4ccccn4)c4c(c3)ncn4C(F)F)c2C)C[C@@H]1C. The van der Waals surface area contributed by atoms with Crippen molar-refractivity contribution in [3.63, 3.8) is 0 Å². The fraction of sp³-hybridized carbons (Fsp3) is 0.370. The number of halogens is 2. The minimum absolute atomic E-state index is 0.0362. The number of likely N-dealkylation sites (tertiary alicyclic amines) is 1. The van der Waals surface area contributed by atoms with Crippen LogP contribution < -0.4 is 4.74 Å². The van der Waals surface area contributed by atoms with E-state index in [1.54, 1.807) is 24.4 Å². The van der Waals surface area contributed by atoms with Crippen molar-refractivity contribution in [2.75, 3.05) is 6.54 Å². The van der Waals surface area contributed by atoms with Crippen LogP contribution in [0.3, 0.4) is 0 Å². The predicted octanol–water partition coefficient (Wildman–Crippen LogP) is 5.27. The molecule has 198 valence electrons. The van der Waals surface area contributed by atoms with Gasteiger partial charge in [-0.15, -0.1) is 5.10 Å². The monoisotopic (exact) mass is 521 g/mol. The highest BCUT2D eigenvalue weighted by atomic mass is 19.3. The van der Waals surface area contributed by atoms with Crippen LogP contribution in [0, 0.1) is 6.92 Å². The van der Waals surface area contributed by atoms with E-state index in [0.717, 1.165) is 29.4 Å². The Morgan fingerprint density at radius 1 is 1.26 bits per heavy atom. The maximum Gasteiger partial charge on any atom is 0.320 e. The molecule has 0 aliphatic carbocycles. The average molecular weight is 522 g/mol. The third-order valence-electron chi connectivity index (χ3n) is 7.11. The van der Waals surface area contributed by atoms with Crippen LogP contribution in [0.5, 0.6) is 5.75 Å². The van der Waals surface area contributed by atoms with Crippen molar-refractivity contribution in [2.24, 2.45) is 0 Å². The van der Waals surface area contributed by atoms with Crippen LogP contribution in [0.2, 0.25) is 0 Å². The Bertz CT molecular complexity index is 1470. The zero-order chi connectivity index (χ0) is 27.0. The van der Waals surface area contributed by atoms with Crippen LogP contribution >= 0.6 is 0 Å². The summed E-state index contributed by atoms with van der Waals surface area (Å²) >= 11 is 0. The number of alkyl halides is 2. The van der Waals surface area contributed by atoms with Gasteiger partial charge in [0.2, 0.25) is 5.91 Å². The molecule has 1 aromatic carbocycles. The lowest BCUT2D eigenvalue weighted by atomic mass is 9.97. The normalized spacial score (nSPS) is 18.6. The van der Waals surface area contributed by atoms with Crippen molar-refractivity contribution in [1.29, 1.82) is 0 Å². The first-order valence-corrected chi connectivity index (χ1v) is 12.5. The number of imidazole rings is 1. The lowest BCUT2D eigenvalue weighted by molar-refractivity contribution is -0.129. The van der Waals surface area contributed by atoms with Gasteiger partial charge < -0.3 is 9.64 Å². The van der Waals surface area contributed by atoms with Crippen molar-refractivity contribution in [3.8, 4) is 17.0 Å². The number of fused-ring (bicyclic) bond motifs is 1. The minimum Gasteiger partial charge on any atom is -0.482 e. The van der Waals surface area contributed by atoms with Gasteiger partial charge in [0, 0.05) is 24.3 Å². The second-order valence-electron chi connectivity index (χ2n) is 9.52. The van der Waals surface area contributed by atoms with Gasteiger partial charge in [-0.1, -0.05) is 17.9 Å². The van der Waals surface area contributed by atoms with Crippen LogP contribution in [0.15, 0.2) is 55.5 Å². The fourth-order valence-electron chi connectivity index (χ4n) is 5.14. The molecule has 9 nitrogen and oxygen atoms in total. The van der Waals surface area contributed by atoms with E-state index in [1.807, 2.05) is 42.5 Å². The lowest BCUT2D eigenvalue weighted by Crippen LogP contribution is -2.44. The summed E-state index contributed by atoms with van der Waals surface area (Å²) in [6.07, 6.45) is 5.09. The van der Waals surface area contributed by atoms with E-state index in [9.17, 15) is 13.6 Å². The van der Waals surface area contributed by atoms with Crippen molar-refractivity contribution >= 4 is 16.9 Å². The maximum atomic E-state index is 13.8. The number of nitrogens with zero attached hydrogens (tertiary/aromatic N) is 7. The molecule has 1 aliphatic rings. The molecule has 4 aromatic rings. The van der Waals surface area contributed by atoms with Crippen LogP contribution in [0.1, 0.15) is 56.8 Å². The van der Waals surface area contributed by atoms with E-state index in [2.05, 4.69) is 26.9 Å². The molecule has 0 N–H and O–H groups in total. The molecule has 38 heavy (non-hydrogen) atoms. The average Bonchev–Trinajstić information content (AvgIpc) is 3.52. The van der Waals surface area contributed by atoms with Gasteiger partial charge >= 0.3 is 6.55 Å². The Hall–Kier alpha value is -4.15. The lowest BCUT2D eigenvalue weighted by Gasteiger charge is -2.37. The summed E-state index contributed by atoms with van der Waals surface area (Å²) in [6, 6.07) is 9.00. The zero-order valence-electron chi connectivity index (χ0n) is 21.5. The predicted molar refractivity (Wildman–Crippen MR) is 138 cm³/mol. The first-order chi connectivity index (χ1) is 18.3. The number of aromatic nitrogens is 6. The highest BCUT2D eigenvalue weighted by Gasteiger charge is 2.31. The number of benzene rings is 1. The van der Waals surface area contributed by atoms with E-state index < -0.39 is 12.7 Å². The topological polar surface area (TPSA) is 91.0 Å². The van der Waals surface area contributed by atoms with Gasteiger partial charge in [0.1, 0.15) is 29.4 Å². The highest BCUT2D eigenvalue weighted by Crippen LogP contribution is 2.37. The molecule has 1 saturated heterocycles. The molecular weight excluding hydrogens is 492 g/mol. The summed E-state index contributed by atoms with van der Waals surface area (Å²) in [7, 11) is 0. The van der Waals surface area contributed by atoms with Gasteiger partial charge in [-0.25, -0.2) is 9.67 Å². The summed E-state index contributed by atoms with van der Waals surface area (Å²) in [4.78, 5) is 22.5. The number of amides is 1. The van der Waals surface area contributed by atoms with Gasteiger partial charge in [0.05, 0.1) is 22.9 Å². The molecule has 0 radical (unpaired) electrons. The number of pyridine rings is 1. The fourth-order valence-corrected chi connectivity index (χ4v) is 5.14. The Balaban J connectivity index is 1.50. The molecule has 11 heteroatoms. The first-order valence-electron chi connectivity index (χ1n) is 12.5. The van der Waals surface area contributed by atoms with E-state index >= 15 is 0 Å². The van der Waals surface area contributed by atoms with E-state index in [1.165, 1.54) is 6.08 Å².